The van der Waals surface area contributed by atoms with Crippen molar-refractivity contribution in [1.82, 2.24) is 40.2 Å². The molecule has 3 aliphatic rings. The van der Waals surface area contributed by atoms with Crippen molar-refractivity contribution >= 4 is 17.7 Å². The first-order valence-corrected chi connectivity index (χ1v) is 15.8. The van der Waals surface area contributed by atoms with E-state index in [0.717, 1.165) is 35.1 Å². The molecule has 4 atom stereocenters. The predicted octanol–water partition coefficient (Wildman–Crippen LogP) is 1.93. The second-order valence-electron chi connectivity index (χ2n) is 13.4. The van der Waals surface area contributed by atoms with Crippen LogP contribution in [0.4, 0.5) is 0 Å². The third kappa shape index (κ3) is 5.42. The monoisotopic (exact) mass is 623 g/mol. The van der Waals surface area contributed by atoms with Crippen LogP contribution in [0.25, 0.3) is 0 Å². The minimum Gasteiger partial charge on any atom is -0.345 e. The van der Waals surface area contributed by atoms with Crippen LogP contribution in [-0.2, 0) is 30.1 Å². The van der Waals surface area contributed by atoms with Crippen molar-refractivity contribution in [1.29, 1.82) is 5.26 Å². The Labute approximate surface area is 269 Å². The molecule has 1 aliphatic heterocycles. The van der Waals surface area contributed by atoms with E-state index in [-0.39, 0.29) is 42.4 Å². The maximum absolute atomic E-state index is 13.4. The molecule has 0 unspecified atom stereocenters. The van der Waals surface area contributed by atoms with Crippen molar-refractivity contribution in [3.8, 4) is 6.07 Å². The summed E-state index contributed by atoms with van der Waals surface area (Å²) in [6.45, 7) is 2.15. The number of nitrogens with zero attached hydrogens (tertiary/aromatic N) is 8. The molecule has 2 heterocycles. The smallest absolute Gasteiger partial charge is 0.253 e. The fraction of sp³-hybridized carbons (Fsp3) is 0.500. The molecule has 2 aromatic carbocycles. The van der Waals surface area contributed by atoms with Gasteiger partial charge in [-0.25, -0.2) is 0 Å². The zero-order valence-electron chi connectivity index (χ0n) is 27.3. The van der Waals surface area contributed by atoms with E-state index >= 15 is 0 Å². The lowest BCUT2D eigenvalue weighted by molar-refractivity contribution is -0.131. The SMILES string of the molecule is C[C@H](CC1(c2nnn(C)n2)c2ccc(C(=O)N(C)C)cc2CCc2cc(C(=O)N(C)C)ccc21)NCC(=O)N1[C@H](C#N)C[C@@H]2C[C@@H]21. The Morgan fingerprint density at radius 3 is 2.09 bits per heavy atom. The van der Waals surface area contributed by atoms with Gasteiger partial charge in [-0.3, -0.25) is 14.4 Å². The number of tetrazole rings is 1. The highest BCUT2D eigenvalue weighted by Gasteiger charge is 2.54. The predicted molar refractivity (Wildman–Crippen MR) is 170 cm³/mol. The molecule has 2 fully saturated rings. The van der Waals surface area contributed by atoms with Crippen molar-refractivity contribution in [2.24, 2.45) is 13.0 Å². The van der Waals surface area contributed by atoms with Crippen LogP contribution in [0.2, 0.25) is 0 Å². The molecular weight excluding hydrogens is 582 g/mol. The lowest BCUT2D eigenvalue weighted by Crippen LogP contribution is -2.46. The zero-order chi connectivity index (χ0) is 32.9. The summed E-state index contributed by atoms with van der Waals surface area (Å²) in [5.41, 5.74) is 4.19. The lowest BCUT2D eigenvalue weighted by atomic mass is 9.67. The number of hydrogen-bond donors (Lipinski definition) is 1. The van der Waals surface area contributed by atoms with Gasteiger partial charge in [0.05, 0.1) is 25.1 Å². The first-order valence-electron chi connectivity index (χ1n) is 15.8. The number of benzene rings is 2. The Hall–Kier alpha value is -4.63. The Morgan fingerprint density at radius 2 is 1.59 bits per heavy atom. The Morgan fingerprint density at radius 1 is 1.00 bits per heavy atom. The van der Waals surface area contributed by atoms with Crippen LogP contribution < -0.4 is 5.32 Å². The molecule has 0 bridgehead atoms. The summed E-state index contributed by atoms with van der Waals surface area (Å²) in [6.07, 6.45) is 3.50. The van der Waals surface area contributed by atoms with Crippen molar-refractivity contribution < 1.29 is 14.4 Å². The largest absolute Gasteiger partial charge is 0.345 e. The molecule has 1 aromatic heterocycles. The number of likely N-dealkylation sites (tertiary alicyclic amines) is 1. The van der Waals surface area contributed by atoms with Crippen molar-refractivity contribution in [3.63, 3.8) is 0 Å². The Balaban J connectivity index is 1.44. The van der Waals surface area contributed by atoms with Gasteiger partial charge in [0, 0.05) is 51.4 Å². The molecule has 0 spiro atoms. The molecule has 12 nitrogen and oxygen atoms in total. The van der Waals surface area contributed by atoms with Gasteiger partial charge in [0.25, 0.3) is 11.8 Å². The van der Waals surface area contributed by atoms with E-state index in [9.17, 15) is 19.6 Å². The summed E-state index contributed by atoms with van der Waals surface area (Å²) in [7, 11) is 8.67. The summed E-state index contributed by atoms with van der Waals surface area (Å²) >= 11 is 0. The number of aromatic nitrogens is 4. The molecular formula is C34H41N9O3. The number of nitriles is 1. The molecule has 1 N–H and O–H groups in total. The summed E-state index contributed by atoms with van der Waals surface area (Å²) in [5, 5.41) is 26.7. The molecule has 3 amide bonds. The lowest BCUT2D eigenvalue weighted by Gasteiger charge is -2.36. The zero-order valence-corrected chi connectivity index (χ0v) is 27.3. The first-order chi connectivity index (χ1) is 21.9. The Bertz CT molecular complexity index is 1670. The maximum Gasteiger partial charge on any atom is 0.253 e. The fourth-order valence-electron chi connectivity index (χ4n) is 7.45. The normalized spacial score (nSPS) is 21.2. The van der Waals surface area contributed by atoms with Gasteiger partial charge in [0.1, 0.15) is 6.04 Å². The van der Waals surface area contributed by atoms with Crippen molar-refractivity contribution in [2.75, 3.05) is 34.7 Å². The van der Waals surface area contributed by atoms with Crippen LogP contribution in [0, 0.1) is 17.2 Å². The molecule has 1 saturated heterocycles. The van der Waals surface area contributed by atoms with Gasteiger partial charge in [0.15, 0.2) is 5.82 Å². The van der Waals surface area contributed by atoms with Crippen LogP contribution in [0.1, 0.15) is 75.0 Å². The van der Waals surface area contributed by atoms with Gasteiger partial charge in [-0.1, -0.05) is 12.1 Å². The summed E-state index contributed by atoms with van der Waals surface area (Å²) in [6, 6.07) is 13.6. The highest BCUT2D eigenvalue weighted by atomic mass is 16.2. The van der Waals surface area contributed by atoms with Crippen molar-refractivity contribution in [2.45, 2.75) is 62.6 Å². The van der Waals surface area contributed by atoms with Gasteiger partial charge in [-0.2, -0.15) is 10.1 Å². The van der Waals surface area contributed by atoms with E-state index in [1.165, 1.54) is 4.80 Å². The van der Waals surface area contributed by atoms with Gasteiger partial charge < -0.3 is 20.0 Å². The van der Waals surface area contributed by atoms with Gasteiger partial charge in [-0.05, 0) is 96.7 Å². The number of fused-ring (bicyclic) bond motifs is 3. The van der Waals surface area contributed by atoms with Gasteiger partial charge >= 0.3 is 0 Å². The number of aryl methyl sites for hydroxylation is 3. The van der Waals surface area contributed by atoms with E-state index in [2.05, 4.69) is 21.7 Å². The van der Waals surface area contributed by atoms with Crippen LogP contribution in [-0.4, -0.2) is 105 Å². The minimum atomic E-state index is -0.908. The second-order valence-corrected chi connectivity index (χ2v) is 13.4. The number of carbonyl (C=O) groups is 3. The minimum absolute atomic E-state index is 0.0598. The number of nitrogens with one attached hydrogen (secondary N) is 1. The summed E-state index contributed by atoms with van der Waals surface area (Å²) in [4.78, 5) is 45.8. The number of piperidine rings is 1. The second kappa shape index (κ2) is 11.9. The topological polar surface area (TPSA) is 140 Å². The third-order valence-corrected chi connectivity index (χ3v) is 9.75. The van der Waals surface area contributed by atoms with E-state index < -0.39 is 5.41 Å². The van der Waals surface area contributed by atoms with E-state index in [1.807, 2.05) is 43.3 Å². The van der Waals surface area contributed by atoms with Crippen molar-refractivity contribution in [3.05, 3.63) is 75.6 Å². The fourth-order valence-corrected chi connectivity index (χ4v) is 7.45. The van der Waals surface area contributed by atoms with Crippen LogP contribution in [0.3, 0.4) is 0 Å². The molecule has 3 aromatic rings. The van der Waals surface area contributed by atoms with Crippen LogP contribution in [0.15, 0.2) is 36.4 Å². The summed E-state index contributed by atoms with van der Waals surface area (Å²) in [5.74, 6) is 0.717. The van der Waals surface area contributed by atoms with Gasteiger partial charge in [-0.15, -0.1) is 10.2 Å². The highest BCUT2D eigenvalue weighted by Crippen LogP contribution is 2.48. The highest BCUT2D eigenvalue weighted by molar-refractivity contribution is 5.95. The van der Waals surface area contributed by atoms with E-state index in [4.69, 9.17) is 5.10 Å². The first kappa shape index (κ1) is 31.4. The van der Waals surface area contributed by atoms with E-state index in [1.54, 1.807) is 49.9 Å². The third-order valence-electron chi connectivity index (χ3n) is 9.75. The molecule has 46 heavy (non-hydrogen) atoms. The molecule has 12 heteroatoms. The van der Waals surface area contributed by atoms with Crippen LogP contribution >= 0.6 is 0 Å². The standard InChI is InChI=1S/C34H41N9O3/c1-20(36-19-30(44)43-26(18-35)15-25-16-29(25)43)17-34(33-37-39-42(6)38-33)27-11-9-23(31(45)40(2)3)13-21(27)7-8-22-14-24(10-12-28(22)34)32(46)41(4)5/h9-14,20,25-26,29,36H,7-8,15-17,19H2,1-6H3/t20-,25-,26+,29+/m1/s1. The van der Waals surface area contributed by atoms with E-state index in [0.29, 0.717) is 42.1 Å². The maximum atomic E-state index is 13.4. The van der Waals surface area contributed by atoms with Crippen LogP contribution in [0.5, 0.6) is 0 Å². The number of hydrogen-bond acceptors (Lipinski definition) is 8. The number of carbonyl (C=O) groups excluding carboxylic acids is 3. The average molecular weight is 624 g/mol. The quantitative estimate of drug-likeness (QED) is 0.402. The molecule has 0 radical (unpaired) electrons. The number of amides is 3. The molecule has 1 saturated carbocycles. The Kier molecular flexibility index (Phi) is 8.14. The average Bonchev–Trinajstić information content (AvgIpc) is 3.53. The molecule has 240 valence electrons. The molecule has 2 aliphatic carbocycles. The van der Waals surface area contributed by atoms with Gasteiger partial charge in [0.2, 0.25) is 5.91 Å². The summed E-state index contributed by atoms with van der Waals surface area (Å²) < 4.78 is 0. The molecule has 6 rings (SSSR count). The number of rotatable bonds is 8.